The van der Waals surface area contributed by atoms with Gasteiger partial charge in [0.2, 0.25) is 0 Å². The van der Waals surface area contributed by atoms with Gasteiger partial charge in [0.15, 0.2) is 17.4 Å². The molecule has 1 N–H and O–H groups in total. The summed E-state index contributed by atoms with van der Waals surface area (Å²) in [7, 11) is -1.42. The van der Waals surface area contributed by atoms with Crippen molar-refractivity contribution in [3.8, 4) is 5.75 Å². The molecule has 0 saturated carbocycles. The van der Waals surface area contributed by atoms with E-state index in [2.05, 4.69) is 0 Å². The molecular formula is C11H15F2NO3S. The lowest BCUT2D eigenvalue weighted by atomic mass is 10.2. The molecule has 0 heterocycles. The van der Waals surface area contributed by atoms with Gasteiger partial charge in [-0.3, -0.25) is 0 Å². The Bertz CT molecular complexity index is 508. The Morgan fingerprint density at radius 3 is 2.22 bits per heavy atom. The largest absolute Gasteiger partial charge is 0.503 e. The lowest BCUT2D eigenvalue weighted by molar-refractivity contribution is 0.342. The third-order valence-corrected chi connectivity index (χ3v) is 3.30. The maximum atomic E-state index is 13.1. The van der Waals surface area contributed by atoms with E-state index in [-0.39, 0.29) is 18.8 Å². The first-order valence-corrected chi connectivity index (χ1v) is 7.28. The Labute approximate surface area is 105 Å². The fraction of sp³-hybridized carbons (Fsp3) is 0.455. The van der Waals surface area contributed by atoms with Crippen LogP contribution >= 0.6 is 0 Å². The number of phenols is 1. The molecule has 0 amide bonds. The summed E-state index contributed by atoms with van der Waals surface area (Å²) in [6.45, 7) is 0.465. The van der Waals surface area contributed by atoms with Gasteiger partial charge in [-0.2, -0.15) is 0 Å². The van der Waals surface area contributed by atoms with Gasteiger partial charge in [-0.05, 0) is 24.7 Å². The molecule has 0 aromatic heterocycles. The van der Waals surface area contributed by atoms with E-state index in [1.165, 1.54) is 0 Å². The second-order valence-electron chi connectivity index (χ2n) is 4.28. The summed E-state index contributed by atoms with van der Waals surface area (Å²) in [5.41, 5.74) is 0.332. The second-order valence-corrected chi connectivity index (χ2v) is 6.54. The first-order valence-electron chi connectivity index (χ1n) is 5.22. The van der Waals surface area contributed by atoms with Crippen LogP contribution in [-0.2, 0) is 16.4 Å². The highest BCUT2D eigenvalue weighted by Gasteiger charge is 2.11. The average molecular weight is 279 g/mol. The number of phenolic OH excluding ortho intramolecular Hbond substituents is 1. The Balaban J connectivity index is 2.68. The number of hydrogen-bond acceptors (Lipinski definition) is 4. The molecule has 0 aliphatic carbocycles. The summed E-state index contributed by atoms with van der Waals surface area (Å²) < 4.78 is 48.0. The quantitative estimate of drug-likeness (QED) is 0.878. The van der Waals surface area contributed by atoms with Crippen molar-refractivity contribution < 1.29 is 22.3 Å². The van der Waals surface area contributed by atoms with E-state index in [0.717, 1.165) is 18.4 Å². The van der Waals surface area contributed by atoms with Crippen LogP contribution in [0.25, 0.3) is 0 Å². The summed E-state index contributed by atoms with van der Waals surface area (Å²) in [6.07, 6.45) is 1.13. The number of halogens is 2. The normalized spacial score (nSPS) is 12.1. The van der Waals surface area contributed by atoms with Gasteiger partial charge >= 0.3 is 0 Å². The monoisotopic (exact) mass is 279 g/mol. The maximum Gasteiger partial charge on any atom is 0.187 e. The van der Waals surface area contributed by atoms with Crippen molar-refractivity contribution in [1.82, 2.24) is 4.90 Å². The van der Waals surface area contributed by atoms with Crippen molar-refractivity contribution in [2.75, 3.05) is 25.6 Å². The molecule has 0 aliphatic rings. The molecule has 18 heavy (non-hydrogen) atoms. The van der Waals surface area contributed by atoms with E-state index in [0.29, 0.717) is 5.56 Å². The van der Waals surface area contributed by atoms with Crippen molar-refractivity contribution in [3.05, 3.63) is 29.3 Å². The highest BCUT2D eigenvalue weighted by molar-refractivity contribution is 7.90. The minimum Gasteiger partial charge on any atom is -0.503 e. The summed E-state index contributed by atoms with van der Waals surface area (Å²) in [5.74, 6) is -3.08. The summed E-state index contributed by atoms with van der Waals surface area (Å²) in [6, 6.07) is 2.05. The molecular weight excluding hydrogens is 264 g/mol. The molecule has 0 aliphatic heterocycles. The van der Waals surface area contributed by atoms with Gasteiger partial charge in [0.1, 0.15) is 9.84 Å². The lowest BCUT2D eigenvalue weighted by Crippen LogP contribution is -2.25. The van der Waals surface area contributed by atoms with Gasteiger partial charge in [-0.15, -0.1) is 0 Å². The average Bonchev–Trinajstić information content (AvgIpc) is 2.22. The van der Waals surface area contributed by atoms with Crippen LogP contribution in [0.1, 0.15) is 5.56 Å². The number of aromatic hydroxyl groups is 1. The van der Waals surface area contributed by atoms with Gasteiger partial charge in [0.05, 0.1) is 5.75 Å². The van der Waals surface area contributed by atoms with E-state index in [1.807, 2.05) is 0 Å². The highest BCUT2D eigenvalue weighted by atomic mass is 32.2. The molecule has 0 radical (unpaired) electrons. The number of sulfone groups is 1. The SMILES string of the molecule is CN(CCS(C)(=O)=O)Cc1cc(F)c(O)c(F)c1. The Kier molecular flexibility index (Phi) is 4.64. The first-order chi connectivity index (χ1) is 8.19. The standard InChI is InChI=1S/C11H15F2NO3S/c1-14(3-4-18(2,16)17)7-8-5-9(12)11(15)10(13)6-8/h5-6,15H,3-4,7H2,1-2H3. The zero-order chi connectivity index (χ0) is 13.9. The van der Waals surface area contributed by atoms with E-state index in [9.17, 15) is 17.2 Å². The van der Waals surface area contributed by atoms with Crippen LogP contribution in [0.3, 0.4) is 0 Å². The predicted octanol–water partition coefficient (Wildman–Crippen LogP) is 1.15. The van der Waals surface area contributed by atoms with Gasteiger partial charge in [-0.25, -0.2) is 17.2 Å². The Morgan fingerprint density at radius 1 is 1.28 bits per heavy atom. The minimum atomic E-state index is -3.06. The fourth-order valence-electron chi connectivity index (χ4n) is 1.42. The molecule has 1 aromatic rings. The predicted molar refractivity (Wildman–Crippen MR) is 64.1 cm³/mol. The zero-order valence-corrected chi connectivity index (χ0v) is 11.0. The minimum absolute atomic E-state index is 0.0213. The summed E-state index contributed by atoms with van der Waals surface area (Å²) >= 11 is 0. The van der Waals surface area contributed by atoms with Crippen LogP contribution in [0.5, 0.6) is 5.75 Å². The van der Waals surface area contributed by atoms with Crippen LogP contribution in [0.4, 0.5) is 8.78 Å². The van der Waals surface area contributed by atoms with Crippen LogP contribution in [-0.4, -0.2) is 44.0 Å². The molecule has 4 nitrogen and oxygen atoms in total. The topological polar surface area (TPSA) is 57.6 Å². The third kappa shape index (κ3) is 4.58. The summed E-state index contributed by atoms with van der Waals surface area (Å²) in [5, 5.41) is 8.93. The van der Waals surface area contributed by atoms with Crippen LogP contribution in [0.2, 0.25) is 0 Å². The molecule has 7 heteroatoms. The van der Waals surface area contributed by atoms with E-state index < -0.39 is 27.2 Å². The Hall–Kier alpha value is -1.21. The van der Waals surface area contributed by atoms with Crippen LogP contribution in [0, 0.1) is 11.6 Å². The van der Waals surface area contributed by atoms with Crippen LogP contribution in [0.15, 0.2) is 12.1 Å². The fourth-order valence-corrected chi connectivity index (χ4v) is 2.07. The van der Waals surface area contributed by atoms with Crippen molar-refractivity contribution in [2.45, 2.75) is 6.54 Å². The van der Waals surface area contributed by atoms with Gasteiger partial charge in [0, 0.05) is 19.3 Å². The molecule has 0 saturated heterocycles. The molecule has 0 atom stereocenters. The van der Waals surface area contributed by atoms with Gasteiger partial charge < -0.3 is 10.0 Å². The molecule has 0 bridgehead atoms. The molecule has 1 rings (SSSR count). The number of nitrogens with zero attached hydrogens (tertiary/aromatic N) is 1. The van der Waals surface area contributed by atoms with E-state index in [1.54, 1.807) is 11.9 Å². The van der Waals surface area contributed by atoms with E-state index >= 15 is 0 Å². The maximum absolute atomic E-state index is 13.1. The third-order valence-electron chi connectivity index (χ3n) is 2.37. The Morgan fingerprint density at radius 2 is 1.78 bits per heavy atom. The van der Waals surface area contributed by atoms with E-state index in [4.69, 9.17) is 5.11 Å². The number of rotatable bonds is 5. The smallest absolute Gasteiger partial charge is 0.187 e. The number of hydrogen-bond donors (Lipinski definition) is 1. The molecule has 0 fully saturated rings. The van der Waals surface area contributed by atoms with Gasteiger partial charge in [0.25, 0.3) is 0 Å². The highest BCUT2D eigenvalue weighted by Crippen LogP contribution is 2.21. The van der Waals surface area contributed by atoms with Crippen molar-refractivity contribution >= 4 is 9.84 Å². The molecule has 102 valence electrons. The van der Waals surface area contributed by atoms with Crippen molar-refractivity contribution in [1.29, 1.82) is 0 Å². The molecule has 0 spiro atoms. The van der Waals surface area contributed by atoms with Crippen molar-refractivity contribution in [2.24, 2.45) is 0 Å². The van der Waals surface area contributed by atoms with Gasteiger partial charge in [-0.1, -0.05) is 0 Å². The van der Waals surface area contributed by atoms with Crippen molar-refractivity contribution in [3.63, 3.8) is 0 Å². The van der Waals surface area contributed by atoms with Crippen LogP contribution < -0.4 is 0 Å². The first kappa shape index (κ1) is 14.8. The molecule has 0 unspecified atom stereocenters. The molecule has 1 aromatic carbocycles. The zero-order valence-electron chi connectivity index (χ0n) is 10.2. The lowest BCUT2D eigenvalue weighted by Gasteiger charge is -2.16. The summed E-state index contributed by atoms with van der Waals surface area (Å²) in [4.78, 5) is 1.63. The number of benzene rings is 1. The second kappa shape index (κ2) is 5.62.